The largest absolute Gasteiger partial charge is 0.497 e. The molecular weight excluding hydrogens is 288 g/mol. The van der Waals surface area contributed by atoms with E-state index in [1.807, 2.05) is 24.3 Å². The van der Waals surface area contributed by atoms with Crippen molar-refractivity contribution in [2.24, 2.45) is 0 Å². The van der Waals surface area contributed by atoms with Crippen LogP contribution in [0.15, 0.2) is 24.3 Å². The molecule has 1 aliphatic rings. The average Bonchev–Trinajstić information content (AvgIpc) is 2.48. The van der Waals surface area contributed by atoms with E-state index in [0.717, 1.165) is 37.2 Å². The quantitative estimate of drug-likeness (QED) is 0.878. The van der Waals surface area contributed by atoms with Gasteiger partial charge in [-0.3, -0.25) is 4.79 Å². The van der Waals surface area contributed by atoms with Gasteiger partial charge in [-0.15, -0.1) is 12.4 Å². The minimum atomic E-state index is 0. The van der Waals surface area contributed by atoms with Crippen LogP contribution in [0.2, 0.25) is 0 Å². The molecule has 1 unspecified atom stereocenters. The normalized spacial score (nSPS) is 16.7. The Morgan fingerprint density at radius 1 is 1.43 bits per heavy atom. The molecule has 2 N–H and O–H groups in total. The molecule has 1 fully saturated rings. The van der Waals surface area contributed by atoms with E-state index in [4.69, 9.17) is 4.74 Å². The third-order valence-electron chi connectivity index (χ3n) is 3.86. The van der Waals surface area contributed by atoms with Gasteiger partial charge >= 0.3 is 0 Å². The number of amides is 1. The Labute approximate surface area is 133 Å². The molecule has 21 heavy (non-hydrogen) atoms. The fraction of sp³-hybridized carbons (Fsp3) is 0.562. The molecule has 1 saturated heterocycles. The molecule has 1 aromatic carbocycles. The third kappa shape index (κ3) is 5.56. The highest BCUT2D eigenvalue weighted by Crippen LogP contribution is 2.23. The van der Waals surface area contributed by atoms with Crippen LogP contribution in [0.1, 0.15) is 37.7 Å². The van der Waals surface area contributed by atoms with Crippen molar-refractivity contribution < 1.29 is 9.53 Å². The lowest BCUT2D eigenvalue weighted by molar-refractivity contribution is -0.122. The molecule has 0 spiro atoms. The first kappa shape index (κ1) is 17.8. The first-order valence-electron chi connectivity index (χ1n) is 7.33. The number of hydrogen-bond donors (Lipinski definition) is 2. The molecule has 5 heteroatoms. The Hall–Kier alpha value is -1.26. The lowest BCUT2D eigenvalue weighted by atomic mass is 9.96. The van der Waals surface area contributed by atoms with Crippen LogP contribution in [0.4, 0.5) is 0 Å². The number of benzene rings is 1. The summed E-state index contributed by atoms with van der Waals surface area (Å²) in [6, 6.07) is 8.27. The molecule has 118 valence electrons. The predicted molar refractivity (Wildman–Crippen MR) is 87.3 cm³/mol. The number of ether oxygens (including phenoxy) is 1. The molecule has 4 nitrogen and oxygen atoms in total. The maximum atomic E-state index is 12.1. The predicted octanol–water partition coefficient (Wildman–Crippen LogP) is 2.48. The second-order valence-electron chi connectivity index (χ2n) is 5.47. The monoisotopic (exact) mass is 312 g/mol. The first-order chi connectivity index (χ1) is 9.69. The van der Waals surface area contributed by atoms with Crippen LogP contribution < -0.4 is 15.4 Å². The molecule has 1 atom stereocenters. The summed E-state index contributed by atoms with van der Waals surface area (Å²) in [6.45, 7) is 4.07. The van der Waals surface area contributed by atoms with Crippen molar-refractivity contribution in [3.8, 4) is 5.75 Å². The smallest absolute Gasteiger partial charge is 0.220 e. The van der Waals surface area contributed by atoms with Gasteiger partial charge in [-0.1, -0.05) is 19.1 Å². The van der Waals surface area contributed by atoms with E-state index in [0.29, 0.717) is 12.5 Å². The first-order valence-corrected chi connectivity index (χ1v) is 7.33. The number of methoxy groups -OCH3 is 1. The van der Waals surface area contributed by atoms with Crippen LogP contribution in [0.5, 0.6) is 5.75 Å². The van der Waals surface area contributed by atoms with E-state index >= 15 is 0 Å². The zero-order valence-corrected chi connectivity index (χ0v) is 13.5. The van der Waals surface area contributed by atoms with Gasteiger partial charge in [0.15, 0.2) is 0 Å². The van der Waals surface area contributed by atoms with Gasteiger partial charge in [-0.05, 0) is 49.5 Å². The van der Waals surface area contributed by atoms with E-state index in [1.54, 1.807) is 7.11 Å². The van der Waals surface area contributed by atoms with E-state index in [9.17, 15) is 4.79 Å². The van der Waals surface area contributed by atoms with Gasteiger partial charge in [0.25, 0.3) is 0 Å². The van der Waals surface area contributed by atoms with Crippen molar-refractivity contribution in [2.75, 3.05) is 20.2 Å². The molecule has 0 saturated carbocycles. The summed E-state index contributed by atoms with van der Waals surface area (Å²) in [5, 5.41) is 6.44. The maximum absolute atomic E-state index is 12.1. The van der Waals surface area contributed by atoms with Crippen molar-refractivity contribution in [2.45, 2.75) is 38.1 Å². The van der Waals surface area contributed by atoms with E-state index in [-0.39, 0.29) is 24.2 Å². The molecule has 0 bridgehead atoms. The number of carbonyl (C=O) groups excluding carboxylic acids is 1. The summed E-state index contributed by atoms with van der Waals surface area (Å²) in [5.74, 6) is 1.19. The standard InChI is InChI=1S/C16H24N2O2.ClH/c1-12(13-4-3-5-15(11-13)20-2)10-16(19)18-14-6-8-17-9-7-14;/h3-5,11-12,14,17H,6-10H2,1-2H3,(H,18,19);1H. The molecule has 1 heterocycles. The summed E-state index contributed by atoms with van der Waals surface area (Å²) >= 11 is 0. The SMILES string of the molecule is COc1cccc(C(C)CC(=O)NC2CCNCC2)c1.Cl. The van der Waals surface area contributed by atoms with Gasteiger partial charge in [0, 0.05) is 12.5 Å². The number of nitrogens with one attached hydrogen (secondary N) is 2. The Kier molecular flexibility index (Phi) is 7.54. The number of halogens is 1. The molecule has 1 aliphatic heterocycles. The van der Waals surface area contributed by atoms with E-state index in [1.165, 1.54) is 0 Å². The summed E-state index contributed by atoms with van der Waals surface area (Å²) in [7, 11) is 1.66. The highest BCUT2D eigenvalue weighted by molar-refractivity contribution is 5.85. The molecular formula is C16H25ClN2O2. The summed E-state index contributed by atoms with van der Waals surface area (Å²) < 4.78 is 5.22. The fourth-order valence-electron chi connectivity index (χ4n) is 2.60. The number of carbonyl (C=O) groups is 1. The fourth-order valence-corrected chi connectivity index (χ4v) is 2.60. The molecule has 0 radical (unpaired) electrons. The van der Waals surface area contributed by atoms with Crippen LogP contribution in [0.3, 0.4) is 0 Å². The van der Waals surface area contributed by atoms with Crippen molar-refractivity contribution in [1.82, 2.24) is 10.6 Å². The lowest BCUT2D eigenvalue weighted by Gasteiger charge is -2.24. The number of hydrogen-bond acceptors (Lipinski definition) is 3. The van der Waals surface area contributed by atoms with Crippen LogP contribution >= 0.6 is 12.4 Å². The van der Waals surface area contributed by atoms with Gasteiger partial charge in [-0.2, -0.15) is 0 Å². The minimum absolute atomic E-state index is 0. The third-order valence-corrected chi connectivity index (χ3v) is 3.86. The molecule has 0 aromatic heterocycles. The van der Waals surface area contributed by atoms with Gasteiger partial charge in [0.1, 0.15) is 5.75 Å². The summed E-state index contributed by atoms with van der Waals surface area (Å²) in [5.41, 5.74) is 1.14. The maximum Gasteiger partial charge on any atom is 0.220 e. The molecule has 2 rings (SSSR count). The average molecular weight is 313 g/mol. The Balaban J connectivity index is 0.00000220. The van der Waals surface area contributed by atoms with Gasteiger partial charge in [0.05, 0.1) is 7.11 Å². The van der Waals surface area contributed by atoms with Crippen molar-refractivity contribution in [3.05, 3.63) is 29.8 Å². The molecule has 0 aliphatic carbocycles. The zero-order chi connectivity index (χ0) is 14.4. The van der Waals surface area contributed by atoms with E-state index in [2.05, 4.69) is 17.6 Å². The summed E-state index contributed by atoms with van der Waals surface area (Å²) in [4.78, 5) is 12.1. The van der Waals surface area contributed by atoms with Gasteiger partial charge < -0.3 is 15.4 Å². The van der Waals surface area contributed by atoms with Crippen LogP contribution in [0, 0.1) is 0 Å². The highest BCUT2D eigenvalue weighted by Gasteiger charge is 2.17. The highest BCUT2D eigenvalue weighted by atomic mass is 35.5. The Morgan fingerprint density at radius 2 is 2.14 bits per heavy atom. The number of piperidine rings is 1. The summed E-state index contributed by atoms with van der Waals surface area (Å²) in [6.07, 6.45) is 2.58. The second kappa shape index (κ2) is 8.90. The van der Waals surface area contributed by atoms with Gasteiger partial charge in [0.2, 0.25) is 5.91 Å². The Bertz CT molecular complexity index is 448. The van der Waals surface area contributed by atoms with Crippen LogP contribution in [-0.2, 0) is 4.79 Å². The molecule has 1 amide bonds. The number of rotatable bonds is 5. The van der Waals surface area contributed by atoms with Crippen molar-refractivity contribution >= 4 is 18.3 Å². The Morgan fingerprint density at radius 3 is 2.81 bits per heavy atom. The van der Waals surface area contributed by atoms with E-state index < -0.39 is 0 Å². The lowest BCUT2D eigenvalue weighted by Crippen LogP contribution is -2.42. The second-order valence-corrected chi connectivity index (χ2v) is 5.47. The van der Waals surface area contributed by atoms with Crippen LogP contribution in [-0.4, -0.2) is 32.1 Å². The molecule has 1 aromatic rings. The van der Waals surface area contributed by atoms with Crippen molar-refractivity contribution in [3.63, 3.8) is 0 Å². The van der Waals surface area contributed by atoms with Crippen molar-refractivity contribution in [1.29, 1.82) is 0 Å². The topological polar surface area (TPSA) is 50.4 Å². The van der Waals surface area contributed by atoms with Crippen LogP contribution in [0.25, 0.3) is 0 Å². The zero-order valence-electron chi connectivity index (χ0n) is 12.7. The minimum Gasteiger partial charge on any atom is -0.497 e. The van der Waals surface area contributed by atoms with Gasteiger partial charge in [-0.25, -0.2) is 0 Å².